The predicted molar refractivity (Wildman–Crippen MR) is 64.1 cm³/mol. The maximum Gasteiger partial charge on any atom is -0.00853 e. The van der Waals surface area contributed by atoms with Crippen molar-refractivity contribution in [2.24, 2.45) is 0 Å². The van der Waals surface area contributed by atoms with E-state index in [4.69, 9.17) is 0 Å². The van der Waals surface area contributed by atoms with Gasteiger partial charge in [0.2, 0.25) is 0 Å². The zero-order valence-electron chi connectivity index (χ0n) is 8.51. The van der Waals surface area contributed by atoms with Crippen molar-refractivity contribution in [2.75, 3.05) is 0 Å². The summed E-state index contributed by atoms with van der Waals surface area (Å²) in [4.78, 5) is 0. The number of benzene rings is 1. The molecule has 0 N–H and O–H groups in total. The summed E-state index contributed by atoms with van der Waals surface area (Å²) in [5, 5.41) is 0. The second-order valence-electron chi connectivity index (χ2n) is 3.59. The Hall–Kier alpha value is -1.56. The summed E-state index contributed by atoms with van der Waals surface area (Å²) in [6.07, 6.45) is 9.26. The van der Waals surface area contributed by atoms with E-state index in [2.05, 4.69) is 38.3 Å². The van der Waals surface area contributed by atoms with Crippen LogP contribution in [0, 0.1) is 6.92 Å². The smallest absolute Gasteiger partial charge is 0.00853 e. The molecule has 0 saturated heterocycles. The zero-order valence-corrected chi connectivity index (χ0v) is 8.51. The first-order valence-corrected chi connectivity index (χ1v) is 4.86. The first kappa shape index (κ1) is 9.01. The van der Waals surface area contributed by atoms with Gasteiger partial charge in [-0.3, -0.25) is 0 Å². The molecule has 0 nitrogen and oxygen atoms in total. The van der Waals surface area contributed by atoms with E-state index in [1.807, 2.05) is 12.2 Å². The molecule has 1 aliphatic rings. The molecule has 0 radical (unpaired) electrons. The predicted octanol–water partition coefficient (Wildman–Crippen LogP) is 3.85. The van der Waals surface area contributed by atoms with Gasteiger partial charge in [-0.05, 0) is 47.2 Å². The molecule has 0 unspecified atom stereocenters. The molecule has 0 bridgehead atoms. The van der Waals surface area contributed by atoms with Crippen molar-refractivity contribution in [3.8, 4) is 0 Å². The minimum atomic E-state index is 1.05. The summed E-state index contributed by atoms with van der Waals surface area (Å²) in [5.74, 6) is 0. The first-order valence-electron chi connectivity index (χ1n) is 4.86. The third-order valence-electron chi connectivity index (χ3n) is 2.87. The summed E-state index contributed by atoms with van der Waals surface area (Å²) in [6, 6.07) is 2.19. The molecule has 0 heterocycles. The van der Waals surface area contributed by atoms with Crippen LogP contribution in [0.1, 0.15) is 27.8 Å². The van der Waals surface area contributed by atoms with Gasteiger partial charge in [0.25, 0.3) is 0 Å². The molecule has 70 valence electrons. The van der Waals surface area contributed by atoms with E-state index in [1.165, 1.54) is 27.8 Å². The van der Waals surface area contributed by atoms with Gasteiger partial charge in [-0.15, -0.1) is 0 Å². The van der Waals surface area contributed by atoms with Crippen molar-refractivity contribution in [3.05, 3.63) is 53.1 Å². The van der Waals surface area contributed by atoms with Gasteiger partial charge in [-0.25, -0.2) is 0 Å². The van der Waals surface area contributed by atoms with E-state index in [0.717, 1.165) is 6.42 Å². The quantitative estimate of drug-likeness (QED) is 0.651. The Morgan fingerprint density at radius 1 is 1.29 bits per heavy atom. The molecule has 0 saturated carbocycles. The fraction of sp³-hybridized carbons (Fsp3) is 0.143. The van der Waals surface area contributed by atoms with Gasteiger partial charge >= 0.3 is 0 Å². The molecule has 0 spiro atoms. The van der Waals surface area contributed by atoms with Gasteiger partial charge in [0.1, 0.15) is 0 Å². The normalized spacial score (nSPS) is 12.6. The minimum absolute atomic E-state index is 1.05. The molecule has 1 aromatic rings. The van der Waals surface area contributed by atoms with Crippen molar-refractivity contribution in [1.82, 2.24) is 0 Å². The van der Waals surface area contributed by atoms with Gasteiger partial charge in [-0.2, -0.15) is 0 Å². The monoisotopic (exact) mass is 182 g/mol. The maximum absolute atomic E-state index is 3.86. The summed E-state index contributed by atoms with van der Waals surface area (Å²) in [7, 11) is 0. The Labute approximate surface area is 85.3 Å². The van der Waals surface area contributed by atoms with E-state index in [0.29, 0.717) is 0 Å². The summed E-state index contributed by atoms with van der Waals surface area (Å²) in [5.41, 5.74) is 6.52. The largest absolute Gasteiger partial charge is 0.0984 e. The van der Waals surface area contributed by atoms with Crippen molar-refractivity contribution in [1.29, 1.82) is 0 Å². The molecule has 0 aromatic heterocycles. The van der Waals surface area contributed by atoms with Crippen LogP contribution in [0.15, 0.2) is 25.3 Å². The average molecular weight is 182 g/mol. The minimum Gasteiger partial charge on any atom is -0.0984 e. The molecule has 1 aliphatic carbocycles. The van der Waals surface area contributed by atoms with Crippen LogP contribution in [0.25, 0.3) is 18.2 Å². The Bertz CT molecular complexity index is 434. The van der Waals surface area contributed by atoms with Gasteiger partial charge < -0.3 is 0 Å². The van der Waals surface area contributed by atoms with Crippen LogP contribution in [0.2, 0.25) is 0 Å². The highest BCUT2D eigenvalue weighted by Gasteiger charge is 2.12. The van der Waals surface area contributed by atoms with Crippen LogP contribution in [-0.2, 0) is 6.42 Å². The van der Waals surface area contributed by atoms with E-state index in [1.54, 1.807) is 0 Å². The Balaban J connectivity index is 2.75. The number of fused-ring (bicyclic) bond motifs is 1. The third-order valence-corrected chi connectivity index (χ3v) is 2.87. The third kappa shape index (κ3) is 1.15. The molecule has 0 heteroatoms. The van der Waals surface area contributed by atoms with Gasteiger partial charge in [0.15, 0.2) is 0 Å². The molecular weight excluding hydrogens is 168 g/mol. The second-order valence-corrected chi connectivity index (χ2v) is 3.59. The van der Waals surface area contributed by atoms with Crippen molar-refractivity contribution in [3.63, 3.8) is 0 Å². The Kier molecular flexibility index (Phi) is 2.12. The molecule has 0 aliphatic heterocycles. The maximum atomic E-state index is 3.86. The van der Waals surface area contributed by atoms with Crippen LogP contribution in [0.4, 0.5) is 0 Å². The second kappa shape index (κ2) is 3.30. The van der Waals surface area contributed by atoms with Crippen molar-refractivity contribution < 1.29 is 0 Å². The Morgan fingerprint density at radius 3 is 2.71 bits per heavy atom. The van der Waals surface area contributed by atoms with Crippen molar-refractivity contribution >= 4 is 18.2 Å². The fourth-order valence-corrected chi connectivity index (χ4v) is 2.09. The zero-order chi connectivity index (χ0) is 10.1. The van der Waals surface area contributed by atoms with Crippen LogP contribution in [0.3, 0.4) is 0 Å². The van der Waals surface area contributed by atoms with Crippen LogP contribution >= 0.6 is 0 Å². The molecule has 0 fully saturated rings. The summed E-state index contributed by atoms with van der Waals surface area (Å²) < 4.78 is 0. The lowest BCUT2D eigenvalue weighted by Crippen LogP contribution is -1.94. The molecule has 14 heavy (non-hydrogen) atoms. The topological polar surface area (TPSA) is 0 Å². The first-order chi connectivity index (χ1) is 6.77. The molecule has 1 aromatic carbocycles. The SMILES string of the molecule is C=Cc1cc2c(c(C)c1C=C)CC=C2. The van der Waals surface area contributed by atoms with Gasteiger partial charge in [0, 0.05) is 0 Å². The molecule has 2 rings (SSSR count). The van der Waals surface area contributed by atoms with Crippen LogP contribution in [-0.4, -0.2) is 0 Å². The number of rotatable bonds is 2. The number of hydrogen-bond donors (Lipinski definition) is 0. The molecular formula is C14H14. The van der Waals surface area contributed by atoms with Gasteiger partial charge in [-0.1, -0.05) is 37.5 Å². The lowest BCUT2D eigenvalue weighted by atomic mass is 9.93. The van der Waals surface area contributed by atoms with Crippen LogP contribution < -0.4 is 0 Å². The lowest BCUT2D eigenvalue weighted by Gasteiger charge is -2.11. The van der Waals surface area contributed by atoms with Gasteiger partial charge in [0.05, 0.1) is 0 Å². The van der Waals surface area contributed by atoms with E-state index in [-0.39, 0.29) is 0 Å². The van der Waals surface area contributed by atoms with E-state index in [9.17, 15) is 0 Å². The average Bonchev–Trinajstić information content (AvgIpc) is 2.65. The number of allylic oxidation sites excluding steroid dienone is 1. The van der Waals surface area contributed by atoms with E-state index < -0.39 is 0 Å². The molecule has 0 amide bonds. The van der Waals surface area contributed by atoms with E-state index >= 15 is 0 Å². The van der Waals surface area contributed by atoms with Crippen molar-refractivity contribution in [2.45, 2.75) is 13.3 Å². The fourth-order valence-electron chi connectivity index (χ4n) is 2.09. The Morgan fingerprint density at radius 2 is 2.07 bits per heavy atom. The highest BCUT2D eigenvalue weighted by atomic mass is 14.2. The summed E-state index contributed by atoms with van der Waals surface area (Å²) in [6.45, 7) is 9.85. The highest BCUT2D eigenvalue weighted by Crippen LogP contribution is 2.29. The molecule has 0 atom stereocenters. The summed E-state index contributed by atoms with van der Waals surface area (Å²) >= 11 is 0. The highest BCUT2D eigenvalue weighted by molar-refractivity contribution is 5.74. The number of hydrogen-bond acceptors (Lipinski definition) is 0. The van der Waals surface area contributed by atoms with Crippen LogP contribution in [0.5, 0.6) is 0 Å². The standard InChI is InChI=1S/C14H14/c1-4-11-9-12-7-6-8-14(12)10(3)13(11)5-2/h4-7,9H,1-2,8H2,3H3. The lowest BCUT2D eigenvalue weighted by molar-refractivity contribution is 1.23.